The first-order valence-electron chi connectivity index (χ1n) is 12.6. The third-order valence-electron chi connectivity index (χ3n) is 6.86. The molecule has 38 heavy (non-hydrogen) atoms. The highest BCUT2D eigenvalue weighted by atomic mass is 16.8. The van der Waals surface area contributed by atoms with Gasteiger partial charge in [0.15, 0.2) is 18.3 Å². The molecule has 3 aliphatic rings. The Labute approximate surface area is 219 Å². The fourth-order valence-corrected chi connectivity index (χ4v) is 5.14. The summed E-state index contributed by atoms with van der Waals surface area (Å²) in [7, 11) is 0. The van der Waals surface area contributed by atoms with Crippen LogP contribution in [0.5, 0.6) is 0 Å². The molecule has 1 amide bonds. The Bertz CT molecular complexity index is 1350. The van der Waals surface area contributed by atoms with E-state index in [9.17, 15) is 9.59 Å². The predicted molar refractivity (Wildman–Crippen MR) is 135 cm³/mol. The highest BCUT2D eigenvalue weighted by molar-refractivity contribution is 6.03. The molecule has 10 nitrogen and oxygen atoms in total. The molecule has 1 aromatic heterocycles. The number of hydrogen-bond donors (Lipinski definition) is 1. The van der Waals surface area contributed by atoms with E-state index in [4.69, 9.17) is 23.7 Å². The summed E-state index contributed by atoms with van der Waals surface area (Å²) < 4.78 is 32.6. The van der Waals surface area contributed by atoms with E-state index in [1.54, 1.807) is 36.5 Å². The molecule has 0 aliphatic carbocycles. The van der Waals surface area contributed by atoms with Crippen molar-refractivity contribution < 1.29 is 28.5 Å². The first kappa shape index (κ1) is 24.9. The van der Waals surface area contributed by atoms with Crippen molar-refractivity contribution in [2.24, 2.45) is 0 Å². The maximum Gasteiger partial charge on any atom is 0.351 e. The van der Waals surface area contributed by atoms with Gasteiger partial charge >= 0.3 is 5.69 Å². The lowest BCUT2D eigenvalue weighted by Crippen LogP contribution is -2.44. The lowest BCUT2D eigenvalue weighted by Gasteiger charge is -2.37. The maximum absolute atomic E-state index is 13.2. The minimum atomic E-state index is -0.867. The average Bonchev–Trinajstić information content (AvgIpc) is 3.15. The van der Waals surface area contributed by atoms with Crippen LogP contribution in [0.15, 0.2) is 77.7 Å². The smallest absolute Gasteiger partial charge is 0.347 e. The van der Waals surface area contributed by atoms with Crippen LogP contribution < -0.4 is 11.0 Å². The van der Waals surface area contributed by atoms with Gasteiger partial charge in [0, 0.05) is 23.7 Å². The summed E-state index contributed by atoms with van der Waals surface area (Å²) in [5, 5.41) is 2.67. The summed E-state index contributed by atoms with van der Waals surface area (Å²) in [6, 6.07) is 20.0. The zero-order chi connectivity index (χ0) is 26.3. The summed E-state index contributed by atoms with van der Waals surface area (Å²) >= 11 is 0. The highest BCUT2D eigenvalue weighted by Gasteiger charge is 2.52. The summed E-state index contributed by atoms with van der Waals surface area (Å²) in [5.74, 6) is -1.08. The Balaban J connectivity index is 1.25. The van der Waals surface area contributed by atoms with E-state index in [2.05, 4.69) is 10.3 Å². The molecule has 1 N–H and O–H groups in total. The van der Waals surface area contributed by atoms with Gasteiger partial charge in [-0.05, 0) is 32.0 Å². The van der Waals surface area contributed by atoms with Gasteiger partial charge < -0.3 is 29.0 Å². The molecule has 3 aliphatic heterocycles. The number of fused-ring (bicyclic) bond motifs is 2. The zero-order valence-corrected chi connectivity index (χ0v) is 21.1. The third kappa shape index (κ3) is 5.01. The minimum absolute atomic E-state index is 0.141. The van der Waals surface area contributed by atoms with Crippen molar-refractivity contribution in [3.63, 3.8) is 0 Å². The molecule has 0 spiro atoms. The summed E-state index contributed by atoms with van der Waals surface area (Å²) in [6.45, 7) is 3.94. The first-order valence-corrected chi connectivity index (χ1v) is 12.6. The standard InChI is InChI=1S/C28H29N3O7/c1-28(2)37-20-15-19-21(16-34-26(36-19)18-11-7-4-8-12-18)35-25(23(20)38-28)31-14-13-22(30-27(31)33)29-24(32)17-9-5-3-6-10-17/h3-14,19-21,23,25-26H,15-16H2,1-2H3,(H,29,30,32,33)/t19-,20+,21+,23+,25+,26?/m0/s1. The van der Waals surface area contributed by atoms with Crippen LogP contribution in [0.1, 0.15) is 48.7 Å². The Morgan fingerprint density at radius 1 is 0.947 bits per heavy atom. The molecule has 3 aromatic rings. The molecule has 0 radical (unpaired) electrons. The number of ether oxygens (including phenoxy) is 5. The van der Waals surface area contributed by atoms with Gasteiger partial charge in [-0.3, -0.25) is 9.36 Å². The number of amides is 1. The van der Waals surface area contributed by atoms with E-state index in [-0.39, 0.29) is 30.5 Å². The topological polar surface area (TPSA) is 110 Å². The summed E-state index contributed by atoms with van der Waals surface area (Å²) in [6.07, 6.45) is -1.07. The Morgan fingerprint density at radius 3 is 2.42 bits per heavy atom. The van der Waals surface area contributed by atoms with Gasteiger partial charge in [-0.2, -0.15) is 4.98 Å². The van der Waals surface area contributed by atoms with Gasteiger partial charge in [-0.1, -0.05) is 48.5 Å². The molecule has 198 valence electrons. The van der Waals surface area contributed by atoms with Crippen LogP contribution in [-0.4, -0.2) is 52.3 Å². The number of nitrogens with zero attached hydrogens (tertiary/aromatic N) is 2. The Hall–Kier alpha value is -3.41. The molecule has 1 unspecified atom stereocenters. The van der Waals surface area contributed by atoms with Crippen molar-refractivity contribution in [2.75, 3.05) is 11.9 Å². The van der Waals surface area contributed by atoms with Crippen LogP contribution in [0.25, 0.3) is 0 Å². The summed E-state index contributed by atoms with van der Waals surface area (Å²) in [5.41, 5.74) is 0.788. The number of nitrogens with one attached hydrogen (secondary N) is 1. The van der Waals surface area contributed by atoms with Gasteiger partial charge in [0.25, 0.3) is 5.91 Å². The number of aromatic nitrogens is 2. The molecule has 10 heteroatoms. The van der Waals surface area contributed by atoms with Crippen molar-refractivity contribution in [1.82, 2.24) is 9.55 Å². The molecule has 0 saturated carbocycles. The van der Waals surface area contributed by atoms with Crippen LogP contribution >= 0.6 is 0 Å². The lowest BCUT2D eigenvalue weighted by atomic mass is 10.0. The molecule has 2 aromatic carbocycles. The van der Waals surface area contributed by atoms with Crippen molar-refractivity contribution in [1.29, 1.82) is 0 Å². The van der Waals surface area contributed by atoms with Crippen LogP contribution in [-0.2, 0) is 23.7 Å². The number of carbonyl (C=O) groups is 1. The Morgan fingerprint density at radius 2 is 1.68 bits per heavy atom. The molecule has 4 heterocycles. The second-order valence-corrected chi connectivity index (χ2v) is 10.0. The number of anilines is 1. The quantitative estimate of drug-likeness (QED) is 0.559. The second kappa shape index (κ2) is 10.0. The van der Waals surface area contributed by atoms with Gasteiger partial charge in [-0.15, -0.1) is 0 Å². The fourth-order valence-electron chi connectivity index (χ4n) is 5.14. The second-order valence-electron chi connectivity index (χ2n) is 10.0. The van der Waals surface area contributed by atoms with Gasteiger partial charge in [0.2, 0.25) is 0 Å². The van der Waals surface area contributed by atoms with Crippen molar-refractivity contribution >= 4 is 11.7 Å². The SMILES string of the molecule is CC1(C)O[C@H]2[C@H](n3ccc(NC(=O)c4ccccc4)nc3=O)O[C@@H]3COC(c4ccccc4)O[C@H]3C[C@H]2O1. The zero-order valence-electron chi connectivity index (χ0n) is 21.1. The van der Waals surface area contributed by atoms with Crippen LogP contribution in [0.4, 0.5) is 5.82 Å². The van der Waals surface area contributed by atoms with Crippen LogP contribution in [0.2, 0.25) is 0 Å². The number of rotatable bonds is 4. The molecule has 6 atom stereocenters. The highest BCUT2D eigenvalue weighted by Crippen LogP contribution is 2.43. The summed E-state index contributed by atoms with van der Waals surface area (Å²) in [4.78, 5) is 29.8. The molecule has 3 saturated heterocycles. The number of hydrogen-bond acceptors (Lipinski definition) is 8. The average molecular weight is 520 g/mol. The van der Waals surface area contributed by atoms with E-state index < -0.39 is 36.2 Å². The molecule has 6 rings (SSSR count). The van der Waals surface area contributed by atoms with Crippen molar-refractivity contribution in [3.8, 4) is 0 Å². The monoisotopic (exact) mass is 519 g/mol. The van der Waals surface area contributed by atoms with E-state index in [1.165, 1.54) is 4.57 Å². The van der Waals surface area contributed by atoms with Gasteiger partial charge in [-0.25, -0.2) is 4.79 Å². The van der Waals surface area contributed by atoms with Crippen molar-refractivity contribution in [2.45, 2.75) is 63.0 Å². The number of carbonyl (C=O) groups excluding carboxylic acids is 1. The Kier molecular flexibility index (Phi) is 6.58. The van der Waals surface area contributed by atoms with Gasteiger partial charge in [0.05, 0.1) is 18.8 Å². The minimum Gasteiger partial charge on any atom is -0.347 e. The largest absolute Gasteiger partial charge is 0.351 e. The fraction of sp³-hybridized carbons (Fsp3) is 0.393. The van der Waals surface area contributed by atoms with E-state index in [0.29, 0.717) is 12.0 Å². The van der Waals surface area contributed by atoms with E-state index >= 15 is 0 Å². The normalized spacial score (nSPS) is 30.1. The predicted octanol–water partition coefficient (Wildman–Crippen LogP) is 3.42. The molecular weight excluding hydrogens is 490 g/mol. The van der Waals surface area contributed by atoms with Gasteiger partial charge in [0.1, 0.15) is 18.0 Å². The lowest BCUT2D eigenvalue weighted by molar-refractivity contribution is -0.284. The molecule has 0 bridgehead atoms. The van der Waals surface area contributed by atoms with Crippen LogP contribution in [0.3, 0.4) is 0 Å². The van der Waals surface area contributed by atoms with Crippen LogP contribution in [0, 0.1) is 0 Å². The van der Waals surface area contributed by atoms with E-state index in [0.717, 1.165) is 5.56 Å². The number of benzene rings is 2. The maximum atomic E-state index is 13.2. The molecular formula is C28H29N3O7. The molecule has 3 fully saturated rings. The third-order valence-corrected chi connectivity index (χ3v) is 6.86. The van der Waals surface area contributed by atoms with Crippen molar-refractivity contribution in [3.05, 3.63) is 94.5 Å². The van der Waals surface area contributed by atoms with E-state index in [1.807, 2.05) is 50.2 Å². The first-order chi connectivity index (χ1) is 18.4.